The Labute approximate surface area is 194 Å². The molecule has 0 radical (unpaired) electrons. The van der Waals surface area contributed by atoms with Crippen molar-refractivity contribution in [2.24, 2.45) is 0 Å². The van der Waals surface area contributed by atoms with Crippen molar-refractivity contribution in [2.45, 2.75) is 26.1 Å². The fraction of sp³-hybridized carbons (Fsp3) is 0.192. The van der Waals surface area contributed by atoms with Crippen LogP contribution >= 0.6 is 0 Å². The van der Waals surface area contributed by atoms with Crippen LogP contribution in [0.1, 0.15) is 28.2 Å². The van der Waals surface area contributed by atoms with Crippen molar-refractivity contribution >= 4 is 28.0 Å². The summed E-state index contributed by atoms with van der Waals surface area (Å²) < 4.78 is 5.48. The molecule has 3 aromatic carbocycles. The molecule has 5 aromatic rings. The van der Waals surface area contributed by atoms with Gasteiger partial charge in [-0.15, -0.1) is 0 Å². The lowest BCUT2D eigenvalue weighted by Gasteiger charge is -2.09. The molecule has 0 fully saturated rings. The molecular formula is C26H24N4O4. The second kappa shape index (κ2) is 8.99. The summed E-state index contributed by atoms with van der Waals surface area (Å²) in [5.74, 6) is -0.227. The highest BCUT2D eigenvalue weighted by Crippen LogP contribution is 2.20. The van der Waals surface area contributed by atoms with Crippen LogP contribution in [-0.2, 0) is 19.6 Å². The fourth-order valence-corrected chi connectivity index (χ4v) is 4.38. The number of hydrogen-bond donors (Lipinski definition) is 2. The van der Waals surface area contributed by atoms with E-state index < -0.39 is 5.97 Å². The van der Waals surface area contributed by atoms with Gasteiger partial charge in [0, 0.05) is 13.2 Å². The van der Waals surface area contributed by atoms with Gasteiger partial charge < -0.3 is 14.8 Å². The normalized spacial score (nSPS) is 11.4. The minimum absolute atomic E-state index is 0.0753. The Kier molecular flexibility index (Phi) is 5.73. The van der Waals surface area contributed by atoms with Crippen LogP contribution in [0.4, 0.5) is 0 Å². The van der Waals surface area contributed by atoms with Crippen molar-refractivity contribution < 1.29 is 15.0 Å². The van der Waals surface area contributed by atoms with Gasteiger partial charge >= 0.3 is 11.7 Å². The van der Waals surface area contributed by atoms with Gasteiger partial charge in [-0.25, -0.2) is 14.6 Å². The number of aromatic nitrogens is 4. The predicted octanol–water partition coefficient (Wildman–Crippen LogP) is 3.33. The molecule has 34 heavy (non-hydrogen) atoms. The van der Waals surface area contributed by atoms with Crippen LogP contribution in [0.25, 0.3) is 22.1 Å². The molecule has 5 rings (SSSR count). The minimum atomic E-state index is -0.982. The van der Waals surface area contributed by atoms with Gasteiger partial charge in [-0.2, -0.15) is 0 Å². The maximum atomic E-state index is 13.6. The number of aryl methyl sites for hydroxylation is 1. The van der Waals surface area contributed by atoms with Crippen LogP contribution in [-0.4, -0.2) is 41.5 Å². The molecule has 172 valence electrons. The third-order valence-electron chi connectivity index (χ3n) is 6.04. The van der Waals surface area contributed by atoms with Crippen molar-refractivity contribution in [3.63, 3.8) is 0 Å². The molecule has 0 aliphatic rings. The van der Waals surface area contributed by atoms with Gasteiger partial charge in [0.2, 0.25) is 0 Å². The Morgan fingerprint density at radius 2 is 1.41 bits per heavy atom. The number of benzene rings is 3. The smallest absolute Gasteiger partial charge is 0.335 e. The second-order valence-electron chi connectivity index (χ2n) is 8.19. The number of aromatic carboxylic acids is 1. The summed E-state index contributed by atoms with van der Waals surface area (Å²) in [4.78, 5) is 29.5. The first-order valence-electron chi connectivity index (χ1n) is 11.1. The van der Waals surface area contributed by atoms with Crippen LogP contribution in [0.3, 0.4) is 0 Å². The highest BCUT2D eigenvalue weighted by atomic mass is 16.4. The molecule has 0 amide bonds. The summed E-state index contributed by atoms with van der Waals surface area (Å²) in [6, 6.07) is 22.0. The average molecular weight is 457 g/mol. The third kappa shape index (κ3) is 3.88. The van der Waals surface area contributed by atoms with Crippen molar-refractivity contribution in [1.82, 2.24) is 18.7 Å². The van der Waals surface area contributed by atoms with Gasteiger partial charge in [-0.05, 0) is 48.4 Å². The van der Waals surface area contributed by atoms with Gasteiger partial charge in [0.05, 0.1) is 40.7 Å². The molecule has 2 N–H and O–H groups in total. The molecule has 0 bridgehead atoms. The zero-order valence-electron chi connectivity index (χ0n) is 18.5. The predicted molar refractivity (Wildman–Crippen MR) is 129 cm³/mol. The minimum Gasteiger partial charge on any atom is -0.478 e. The van der Waals surface area contributed by atoms with E-state index in [2.05, 4.69) is 4.57 Å². The van der Waals surface area contributed by atoms with E-state index >= 15 is 0 Å². The number of rotatable bonds is 8. The summed E-state index contributed by atoms with van der Waals surface area (Å²) in [6.45, 7) is 1.30. The third-order valence-corrected chi connectivity index (χ3v) is 6.04. The maximum Gasteiger partial charge on any atom is 0.335 e. The molecule has 0 saturated heterocycles. The number of imidazole rings is 2. The van der Waals surface area contributed by atoms with E-state index in [9.17, 15) is 14.7 Å². The Morgan fingerprint density at radius 1 is 0.794 bits per heavy atom. The van der Waals surface area contributed by atoms with Crippen LogP contribution in [0.2, 0.25) is 0 Å². The number of fused-ring (bicyclic) bond motifs is 2. The standard InChI is InChI=1S/C26H24N4O4/c31-15-5-14-28-21-7-2-1-6-20(21)27-24(28)17-30-23-9-4-3-8-22(23)29(26(30)34)16-18-10-12-19(13-11-18)25(32)33/h1-4,6-13,31H,5,14-17H2,(H,32,33). The molecule has 8 heteroatoms. The Balaban J connectivity index is 1.57. The van der Waals surface area contributed by atoms with E-state index in [0.717, 1.165) is 33.5 Å². The zero-order chi connectivity index (χ0) is 23.7. The summed E-state index contributed by atoms with van der Waals surface area (Å²) in [7, 11) is 0. The van der Waals surface area contributed by atoms with Crippen molar-refractivity contribution in [3.05, 3.63) is 100 Å². The van der Waals surface area contributed by atoms with Gasteiger partial charge in [0.15, 0.2) is 0 Å². The summed E-state index contributed by atoms with van der Waals surface area (Å²) >= 11 is 0. The molecule has 0 aliphatic heterocycles. The van der Waals surface area contributed by atoms with Crippen LogP contribution < -0.4 is 5.69 Å². The molecule has 0 saturated carbocycles. The molecule has 0 unspecified atom stereocenters. The first-order chi connectivity index (χ1) is 16.6. The Morgan fingerprint density at radius 3 is 2.06 bits per heavy atom. The van der Waals surface area contributed by atoms with E-state index in [-0.39, 0.29) is 17.9 Å². The number of carboxylic acid groups (broad SMARTS) is 1. The van der Waals surface area contributed by atoms with Gasteiger partial charge in [-0.3, -0.25) is 9.13 Å². The van der Waals surface area contributed by atoms with E-state index in [1.807, 2.05) is 48.5 Å². The van der Waals surface area contributed by atoms with Gasteiger partial charge in [0.1, 0.15) is 5.82 Å². The number of para-hydroxylation sites is 4. The topological polar surface area (TPSA) is 102 Å². The highest BCUT2D eigenvalue weighted by molar-refractivity contribution is 5.87. The Bertz CT molecular complexity index is 1540. The zero-order valence-corrected chi connectivity index (χ0v) is 18.5. The summed E-state index contributed by atoms with van der Waals surface area (Å²) in [6.07, 6.45) is 0.594. The van der Waals surface area contributed by atoms with E-state index in [4.69, 9.17) is 10.1 Å². The molecule has 2 aromatic heterocycles. The van der Waals surface area contributed by atoms with Crippen LogP contribution in [0.15, 0.2) is 77.6 Å². The average Bonchev–Trinajstić information content (AvgIpc) is 3.33. The van der Waals surface area contributed by atoms with E-state index in [1.54, 1.807) is 33.4 Å². The monoisotopic (exact) mass is 456 g/mol. The lowest BCUT2D eigenvalue weighted by atomic mass is 10.1. The fourth-order valence-electron chi connectivity index (χ4n) is 4.38. The Hall–Kier alpha value is -4.17. The number of carboxylic acids is 1. The summed E-state index contributed by atoms with van der Waals surface area (Å²) in [5.41, 5.74) is 4.31. The lowest BCUT2D eigenvalue weighted by molar-refractivity contribution is 0.0697. The van der Waals surface area contributed by atoms with E-state index in [0.29, 0.717) is 26.1 Å². The maximum absolute atomic E-state index is 13.6. The molecular weight excluding hydrogens is 432 g/mol. The van der Waals surface area contributed by atoms with E-state index in [1.165, 1.54) is 0 Å². The lowest BCUT2D eigenvalue weighted by Crippen LogP contribution is -2.26. The van der Waals surface area contributed by atoms with Crippen molar-refractivity contribution in [2.75, 3.05) is 6.61 Å². The number of hydrogen-bond acceptors (Lipinski definition) is 4. The first kappa shape index (κ1) is 21.7. The van der Waals surface area contributed by atoms with Crippen LogP contribution in [0.5, 0.6) is 0 Å². The SMILES string of the molecule is O=C(O)c1ccc(Cn2c(=O)n(Cc3nc4ccccc4n3CCCO)c3ccccc32)cc1. The molecule has 0 atom stereocenters. The number of aliphatic hydroxyl groups excluding tert-OH is 1. The number of nitrogens with zero attached hydrogens (tertiary/aromatic N) is 4. The first-order valence-corrected chi connectivity index (χ1v) is 11.1. The number of carbonyl (C=O) groups is 1. The second-order valence-corrected chi connectivity index (χ2v) is 8.19. The molecule has 8 nitrogen and oxygen atoms in total. The molecule has 2 heterocycles. The van der Waals surface area contributed by atoms with Gasteiger partial charge in [-0.1, -0.05) is 36.4 Å². The molecule has 0 spiro atoms. The molecule has 0 aliphatic carbocycles. The largest absolute Gasteiger partial charge is 0.478 e. The quantitative estimate of drug-likeness (QED) is 0.373. The highest BCUT2D eigenvalue weighted by Gasteiger charge is 2.17. The summed E-state index contributed by atoms with van der Waals surface area (Å²) in [5, 5.41) is 18.5. The van der Waals surface area contributed by atoms with Crippen LogP contribution in [0, 0.1) is 0 Å². The van der Waals surface area contributed by atoms with Gasteiger partial charge in [0.25, 0.3) is 0 Å². The van der Waals surface area contributed by atoms with Crippen molar-refractivity contribution in [3.8, 4) is 0 Å². The number of aliphatic hydroxyl groups is 1. The van der Waals surface area contributed by atoms with Crippen molar-refractivity contribution in [1.29, 1.82) is 0 Å².